The van der Waals surface area contributed by atoms with E-state index in [1.54, 1.807) is 18.2 Å². The molecular weight excluding hydrogens is 460 g/mol. The Morgan fingerprint density at radius 2 is 1.81 bits per heavy atom. The smallest absolute Gasteiger partial charge is 0.242 e. The Balaban J connectivity index is 1.75. The van der Waals surface area contributed by atoms with E-state index in [1.807, 2.05) is 0 Å². The zero-order chi connectivity index (χ0) is 23.5. The molecule has 0 aromatic heterocycles. The van der Waals surface area contributed by atoms with Crippen LogP contribution in [0.15, 0.2) is 35.2 Å². The molecule has 2 fully saturated rings. The number of hydrogen-bond acceptors (Lipinski definition) is 7. The molecule has 32 heavy (non-hydrogen) atoms. The number of nitrogens with zero attached hydrogens (tertiary/aromatic N) is 2. The number of piperazine rings is 1. The number of piperidine rings is 1. The molecule has 1 aromatic rings. The van der Waals surface area contributed by atoms with Gasteiger partial charge in [-0.05, 0) is 25.0 Å². The molecule has 0 bridgehead atoms. The first-order valence-electron chi connectivity index (χ1n) is 10.1. The lowest BCUT2D eigenvalue weighted by Gasteiger charge is -2.39. The molecule has 2 aliphatic heterocycles. The molecule has 3 rings (SSSR count). The van der Waals surface area contributed by atoms with Gasteiger partial charge in [-0.15, -0.1) is 0 Å². The van der Waals surface area contributed by atoms with Crippen LogP contribution in [0.1, 0.15) is 12.8 Å². The van der Waals surface area contributed by atoms with Crippen LogP contribution in [0.5, 0.6) is 0 Å². The van der Waals surface area contributed by atoms with E-state index >= 15 is 0 Å². The van der Waals surface area contributed by atoms with Gasteiger partial charge in [-0.2, -0.15) is 4.31 Å². The number of carbonyl (C=O) groups is 3. The maximum absolute atomic E-state index is 12.9. The minimum atomic E-state index is -3.90. The van der Waals surface area contributed by atoms with Crippen molar-refractivity contribution in [3.63, 3.8) is 0 Å². The molecule has 13 heteroatoms. The number of rotatable bonds is 6. The van der Waals surface area contributed by atoms with Gasteiger partial charge in [-0.3, -0.25) is 14.4 Å². The molecular formula is C19H26N4O7S2. The summed E-state index contributed by atoms with van der Waals surface area (Å²) in [5.74, 6) is -2.58. The Kier molecular flexibility index (Phi) is 7.20. The first kappa shape index (κ1) is 24.1. The molecule has 2 N–H and O–H groups in total. The van der Waals surface area contributed by atoms with E-state index in [1.165, 1.54) is 17.0 Å². The second-order valence-corrected chi connectivity index (χ2v) is 11.7. The summed E-state index contributed by atoms with van der Waals surface area (Å²) >= 11 is 0. The quantitative estimate of drug-likeness (QED) is 0.488. The third-order valence-corrected chi connectivity index (χ3v) is 8.34. The minimum absolute atomic E-state index is 0.000672. The summed E-state index contributed by atoms with van der Waals surface area (Å²) in [6.07, 6.45) is 2.04. The number of sulfone groups is 1. The Hall–Kier alpha value is -2.51. The Morgan fingerprint density at radius 1 is 1.12 bits per heavy atom. The molecule has 2 unspecified atom stereocenters. The molecule has 2 aliphatic rings. The minimum Gasteiger partial charge on any atom is -0.354 e. The van der Waals surface area contributed by atoms with Crippen molar-refractivity contribution in [2.24, 2.45) is 0 Å². The summed E-state index contributed by atoms with van der Waals surface area (Å²) in [7, 11) is -7.68. The van der Waals surface area contributed by atoms with Crippen molar-refractivity contribution in [1.82, 2.24) is 19.8 Å². The molecule has 2 heterocycles. The molecule has 1 aromatic carbocycles. The largest absolute Gasteiger partial charge is 0.354 e. The summed E-state index contributed by atoms with van der Waals surface area (Å²) in [6.45, 7) is -0.0204. The second kappa shape index (κ2) is 9.55. The molecule has 3 amide bonds. The van der Waals surface area contributed by atoms with E-state index in [0.29, 0.717) is 19.4 Å². The first-order valence-corrected chi connectivity index (χ1v) is 13.6. The van der Waals surface area contributed by atoms with Crippen LogP contribution in [0.4, 0.5) is 0 Å². The summed E-state index contributed by atoms with van der Waals surface area (Å²) in [5, 5.41) is 5.19. The Morgan fingerprint density at radius 3 is 2.44 bits per heavy atom. The van der Waals surface area contributed by atoms with Crippen LogP contribution in [0.3, 0.4) is 0 Å². The molecule has 11 nitrogen and oxygen atoms in total. The van der Waals surface area contributed by atoms with Crippen LogP contribution < -0.4 is 10.6 Å². The number of sulfonamides is 1. The fourth-order valence-corrected chi connectivity index (χ4v) is 6.03. The monoisotopic (exact) mass is 486 g/mol. The van der Waals surface area contributed by atoms with Crippen LogP contribution in [0, 0.1) is 0 Å². The zero-order valence-electron chi connectivity index (χ0n) is 17.6. The predicted octanol–water partition coefficient (Wildman–Crippen LogP) is -1.67. The van der Waals surface area contributed by atoms with Crippen molar-refractivity contribution in [2.45, 2.75) is 29.8 Å². The number of carbonyl (C=O) groups excluding carboxylic acids is 3. The van der Waals surface area contributed by atoms with Crippen molar-refractivity contribution in [2.75, 3.05) is 38.2 Å². The van der Waals surface area contributed by atoms with Crippen molar-refractivity contribution in [1.29, 1.82) is 0 Å². The highest BCUT2D eigenvalue weighted by Gasteiger charge is 2.40. The van der Waals surface area contributed by atoms with E-state index < -0.39 is 49.5 Å². The fourth-order valence-electron chi connectivity index (χ4n) is 3.75. The Bertz CT molecular complexity index is 1090. The van der Waals surface area contributed by atoms with Crippen molar-refractivity contribution < 1.29 is 31.2 Å². The summed E-state index contributed by atoms with van der Waals surface area (Å²) in [6, 6.07) is 5.46. The van der Waals surface area contributed by atoms with Gasteiger partial charge in [0.05, 0.1) is 11.2 Å². The zero-order valence-corrected chi connectivity index (χ0v) is 19.2. The van der Waals surface area contributed by atoms with Gasteiger partial charge in [0, 0.05) is 26.2 Å². The molecule has 0 saturated carbocycles. The van der Waals surface area contributed by atoms with Gasteiger partial charge >= 0.3 is 0 Å². The standard InChI is InChI=1S/C19H26N4O7S2/c1-31(27,28)23-11-10-22(17(24)13-32(29,30)14-6-3-2-4-7-14)12-16(23)19(26)21-15-8-5-9-20-18(15)25/h2-4,6-7,15-16H,5,8-13H2,1H3,(H,20,25)(H,21,26). The SMILES string of the molecule is CS(=O)(=O)N1CCN(C(=O)CS(=O)(=O)c2ccccc2)CC1C(=O)NC1CCCNC1=O. The van der Waals surface area contributed by atoms with Crippen LogP contribution >= 0.6 is 0 Å². The third-order valence-electron chi connectivity index (χ3n) is 5.43. The predicted molar refractivity (Wildman–Crippen MR) is 115 cm³/mol. The van der Waals surface area contributed by atoms with Gasteiger partial charge in [0.25, 0.3) is 0 Å². The normalized spacial score (nSPS) is 22.8. The maximum Gasteiger partial charge on any atom is 0.242 e. The van der Waals surface area contributed by atoms with Gasteiger partial charge in [-0.25, -0.2) is 16.8 Å². The van der Waals surface area contributed by atoms with E-state index in [4.69, 9.17) is 0 Å². The highest BCUT2D eigenvalue weighted by Crippen LogP contribution is 2.17. The van der Waals surface area contributed by atoms with Crippen LogP contribution in [-0.4, -0.2) is 94.0 Å². The van der Waals surface area contributed by atoms with Gasteiger partial charge in [0.15, 0.2) is 9.84 Å². The third kappa shape index (κ3) is 5.64. The number of benzene rings is 1. The van der Waals surface area contributed by atoms with Crippen molar-refractivity contribution >= 4 is 37.6 Å². The lowest BCUT2D eigenvalue weighted by Crippen LogP contribution is -2.63. The lowest BCUT2D eigenvalue weighted by atomic mass is 10.1. The van der Waals surface area contributed by atoms with Crippen molar-refractivity contribution in [3.8, 4) is 0 Å². The van der Waals surface area contributed by atoms with Gasteiger partial charge in [-0.1, -0.05) is 18.2 Å². The van der Waals surface area contributed by atoms with E-state index in [0.717, 1.165) is 10.6 Å². The van der Waals surface area contributed by atoms with Gasteiger partial charge in [0.2, 0.25) is 27.7 Å². The second-order valence-electron chi connectivity index (χ2n) is 7.80. The van der Waals surface area contributed by atoms with E-state index in [9.17, 15) is 31.2 Å². The molecule has 0 aliphatic carbocycles. The van der Waals surface area contributed by atoms with Crippen LogP contribution in [0.25, 0.3) is 0 Å². The summed E-state index contributed by atoms with van der Waals surface area (Å²) < 4.78 is 50.5. The van der Waals surface area contributed by atoms with Crippen molar-refractivity contribution in [3.05, 3.63) is 30.3 Å². The lowest BCUT2D eigenvalue weighted by molar-refractivity contribution is -0.136. The average Bonchev–Trinajstić information content (AvgIpc) is 2.74. The van der Waals surface area contributed by atoms with Gasteiger partial charge in [0.1, 0.15) is 17.8 Å². The highest BCUT2D eigenvalue weighted by atomic mass is 32.2. The van der Waals surface area contributed by atoms with E-state index in [2.05, 4.69) is 10.6 Å². The molecule has 176 valence electrons. The number of hydrogen-bond donors (Lipinski definition) is 2. The number of nitrogens with one attached hydrogen (secondary N) is 2. The van der Waals surface area contributed by atoms with E-state index in [-0.39, 0.29) is 30.4 Å². The van der Waals surface area contributed by atoms with Gasteiger partial charge < -0.3 is 15.5 Å². The van der Waals surface area contributed by atoms with Crippen LogP contribution in [0.2, 0.25) is 0 Å². The highest BCUT2D eigenvalue weighted by molar-refractivity contribution is 7.92. The molecule has 2 saturated heterocycles. The first-order chi connectivity index (χ1) is 15.0. The van der Waals surface area contributed by atoms with Crippen LogP contribution in [-0.2, 0) is 34.2 Å². The summed E-state index contributed by atoms with van der Waals surface area (Å²) in [4.78, 5) is 38.8. The summed E-state index contributed by atoms with van der Waals surface area (Å²) in [5.41, 5.74) is 0. The average molecular weight is 487 g/mol. The number of amides is 3. The molecule has 0 radical (unpaired) electrons. The molecule has 0 spiro atoms. The Labute approximate surface area is 187 Å². The maximum atomic E-state index is 12.9. The molecule has 2 atom stereocenters. The topological polar surface area (TPSA) is 150 Å². The fraction of sp³-hybridized carbons (Fsp3) is 0.526.